The van der Waals surface area contributed by atoms with Gasteiger partial charge in [-0.25, -0.2) is 9.78 Å². The summed E-state index contributed by atoms with van der Waals surface area (Å²) in [6.45, 7) is 3.64. The van der Waals surface area contributed by atoms with Gasteiger partial charge in [-0.3, -0.25) is 4.79 Å². The third kappa shape index (κ3) is 4.06. The first-order valence-electron chi connectivity index (χ1n) is 8.43. The van der Waals surface area contributed by atoms with Crippen molar-refractivity contribution in [3.63, 3.8) is 0 Å². The van der Waals surface area contributed by atoms with E-state index in [2.05, 4.69) is 11.9 Å². The Kier molecular flexibility index (Phi) is 5.58. The summed E-state index contributed by atoms with van der Waals surface area (Å²) in [6, 6.07) is 17.0. The zero-order valence-corrected chi connectivity index (χ0v) is 15.5. The van der Waals surface area contributed by atoms with Gasteiger partial charge in [0.15, 0.2) is 6.10 Å². The first-order chi connectivity index (χ1) is 12.6. The van der Waals surface area contributed by atoms with E-state index in [0.29, 0.717) is 5.56 Å². The van der Waals surface area contributed by atoms with Crippen molar-refractivity contribution >= 4 is 23.1 Å². The third-order valence-electron chi connectivity index (χ3n) is 4.05. The van der Waals surface area contributed by atoms with Gasteiger partial charge in [-0.05, 0) is 18.9 Å². The molecule has 0 saturated carbocycles. The highest BCUT2D eigenvalue weighted by Crippen LogP contribution is 2.22. The molecule has 0 fully saturated rings. The summed E-state index contributed by atoms with van der Waals surface area (Å²) in [4.78, 5) is 29.1. The summed E-state index contributed by atoms with van der Waals surface area (Å²) in [5, 5.41) is 2.05. The lowest BCUT2D eigenvalue weighted by Crippen LogP contribution is -2.24. The van der Waals surface area contributed by atoms with Crippen LogP contribution in [0.5, 0.6) is 0 Å². The molecule has 0 aliphatic carbocycles. The second-order valence-electron chi connectivity index (χ2n) is 5.87. The van der Waals surface area contributed by atoms with Gasteiger partial charge in [0.2, 0.25) is 10.8 Å². The van der Waals surface area contributed by atoms with Crippen molar-refractivity contribution < 1.29 is 14.3 Å². The van der Waals surface area contributed by atoms with E-state index in [-0.39, 0.29) is 10.8 Å². The SMILES string of the molecule is CCc1ccc(C(=O)C(C)OC(=O)c2nc(-c3ccccc3)cs2)cc1. The van der Waals surface area contributed by atoms with Crippen LogP contribution in [0.25, 0.3) is 11.3 Å². The average molecular weight is 365 g/mol. The number of esters is 1. The summed E-state index contributed by atoms with van der Waals surface area (Å²) in [6.07, 6.45) is 0.0475. The maximum atomic E-state index is 12.4. The Hall–Kier alpha value is -2.79. The monoisotopic (exact) mass is 365 g/mol. The van der Waals surface area contributed by atoms with Gasteiger partial charge < -0.3 is 4.74 Å². The Morgan fingerprint density at radius 1 is 1.08 bits per heavy atom. The van der Waals surface area contributed by atoms with E-state index in [4.69, 9.17) is 4.74 Å². The van der Waals surface area contributed by atoms with Crippen molar-refractivity contribution in [2.45, 2.75) is 26.4 Å². The quantitative estimate of drug-likeness (QED) is 0.465. The van der Waals surface area contributed by atoms with Crippen molar-refractivity contribution in [2.24, 2.45) is 0 Å². The fourth-order valence-electron chi connectivity index (χ4n) is 2.51. The number of ether oxygens (including phenoxy) is 1. The van der Waals surface area contributed by atoms with Crippen LogP contribution in [0.3, 0.4) is 0 Å². The highest BCUT2D eigenvalue weighted by Gasteiger charge is 2.22. The lowest BCUT2D eigenvalue weighted by atomic mass is 10.0. The van der Waals surface area contributed by atoms with Crippen molar-refractivity contribution in [1.82, 2.24) is 4.98 Å². The molecule has 1 atom stereocenters. The molecule has 1 unspecified atom stereocenters. The molecule has 3 rings (SSSR count). The number of benzene rings is 2. The first kappa shape index (κ1) is 18.0. The Labute approximate surface area is 156 Å². The Bertz CT molecular complexity index is 901. The molecule has 0 saturated heterocycles. The van der Waals surface area contributed by atoms with Gasteiger partial charge in [-0.15, -0.1) is 11.3 Å². The number of aryl methyl sites for hydroxylation is 1. The molecular formula is C21H19NO3S. The summed E-state index contributed by atoms with van der Waals surface area (Å²) in [5.74, 6) is -0.802. The molecule has 26 heavy (non-hydrogen) atoms. The van der Waals surface area contributed by atoms with Crippen molar-refractivity contribution in [3.05, 3.63) is 76.1 Å². The molecule has 3 aromatic rings. The molecule has 2 aromatic carbocycles. The minimum atomic E-state index is -0.862. The van der Waals surface area contributed by atoms with Gasteiger partial charge in [0.05, 0.1) is 5.69 Å². The third-order valence-corrected chi connectivity index (χ3v) is 4.87. The Morgan fingerprint density at radius 3 is 2.42 bits per heavy atom. The van der Waals surface area contributed by atoms with Crippen LogP contribution < -0.4 is 0 Å². The predicted molar refractivity (Wildman–Crippen MR) is 103 cm³/mol. The number of Topliss-reactive ketones (excluding diaryl/α,β-unsaturated/α-hetero) is 1. The fourth-order valence-corrected chi connectivity index (χ4v) is 3.22. The molecule has 132 valence electrons. The molecule has 0 bridgehead atoms. The number of ketones is 1. The maximum Gasteiger partial charge on any atom is 0.368 e. The molecule has 0 radical (unpaired) electrons. The van der Waals surface area contributed by atoms with E-state index >= 15 is 0 Å². The molecule has 0 aliphatic heterocycles. The zero-order chi connectivity index (χ0) is 18.5. The second-order valence-corrected chi connectivity index (χ2v) is 6.72. The molecule has 1 heterocycles. The van der Waals surface area contributed by atoms with Gasteiger partial charge in [0.25, 0.3) is 0 Å². The van der Waals surface area contributed by atoms with Crippen molar-refractivity contribution in [1.29, 1.82) is 0 Å². The van der Waals surface area contributed by atoms with Crippen LogP contribution >= 0.6 is 11.3 Å². The fraction of sp³-hybridized carbons (Fsp3) is 0.190. The zero-order valence-electron chi connectivity index (χ0n) is 14.6. The topological polar surface area (TPSA) is 56.3 Å². The number of rotatable bonds is 6. The predicted octanol–water partition coefficient (Wildman–Crippen LogP) is 4.80. The summed E-state index contributed by atoms with van der Waals surface area (Å²) < 4.78 is 5.32. The normalized spacial score (nSPS) is 11.8. The van der Waals surface area contributed by atoms with Crippen LogP contribution in [-0.2, 0) is 11.2 Å². The van der Waals surface area contributed by atoms with E-state index in [1.807, 2.05) is 47.8 Å². The average Bonchev–Trinajstić information content (AvgIpc) is 3.18. The lowest BCUT2D eigenvalue weighted by molar-refractivity contribution is 0.0318. The number of hydrogen-bond acceptors (Lipinski definition) is 5. The molecule has 0 N–H and O–H groups in total. The number of carbonyl (C=O) groups excluding carboxylic acids is 2. The maximum absolute atomic E-state index is 12.4. The van der Waals surface area contributed by atoms with E-state index in [1.165, 1.54) is 11.3 Å². The van der Waals surface area contributed by atoms with E-state index in [1.54, 1.807) is 19.1 Å². The highest BCUT2D eigenvalue weighted by atomic mass is 32.1. The minimum absolute atomic E-state index is 0.221. The van der Waals surface area contributed by atoms with Crippen LogP contribution in [-0.4, -0.2) is 22.8 Å². The second kappa shape index (κ2) is 8.06. The van der Waals surface area contributed by atoms with Crippen molar-refractivity contribution in [2.75, 3.05) is 0 Å². The van der Waals surface area contributed by atoms with Crippen molar-refractivity contribution in [3.8, 4) is 11.3 Å². The van der Waals surface area contributed by atoms with E-state index < -0.39 is 12.1 Å². The highest BCUT2D eigenvalue weighted by molar-refractivity contribution is 7.11. The number of thiazole rings is 1. The number of nitrogens with zero attached hydrogens (tertiary/aromatic N) is 1. The summed E-state index contributed by atoms with van der Waals surface area (Å²) in [7, 11) is 0. The van der Waals surface area contributed by atoms with Gasteiger partial charge in [-0.1, -0.05) is 61.5 Å². The number of hydrogen-bond donors (Lipinski definition) is 0. The lowest BCUT2D eigenvalue weighted by Gasteiger charge is -2.11. The summed E-state index contributed by atoms with van der Waals surface area (Å²) in [5.41, 5.74) is 3.34. The van der Waals surface area contributed by atoms with Gasteiger partial charge in [0.1, 0.15) is 0 Å². The molecule has 0 amide bonds. The van der Waals surface area contributed by atoms with Crippen LogP contribution in [0.2, 0.25) is 0 Å². The Morgan fingerprint density at radius 2 is 1.77 bits per heavy atom. The van der Waals surface area contributed by atoms with Crippen LogP contribution in [0.1, 0.15) is 39.6 Å². The number of carbonyl (C=O) groups is 2. The van der Waals surface area contributed by atoms with Crippen LogP contribution in [0.4, 0.5) is 0 Å². The summed E-state index contributed by atoms with van der Waals surface area (Å²) >= 11 is 1.21. The molecule has 5 heteroatoms. The van der Waals surface area contributed by atoms with Gasteiger partial charge in [-0.2, -0.15) is 0 Å². The Balaban J connectivity index is 1.67. The van der Waals surface area contributed by atoms with E-state index in [9.17, 15) is 9.59 Å². The molecule has 4 nitrogen and oxygen atoms in total. The standard InChI is InChI=1S/C21H19NO3S/c1-3-15-9-11-17(12-10-15)19(23)14(2)25-21(24)20-22-18(13-26-20)16-7-5-4-6-8-16/h4-14H,3H2,1-2H3. The molecular weight excluding hydrogens is 346 g/mol. The first-order valence-corrected chi connectivity index (χ1v) is 9.31. The largest absolute Gasteiger partial charge is 0.449 e. The minimum Gasteiger partial charge on any atom is -0.449 e. The molecule has 0 aliphatic rings. The molecule has 0 spiro atoms. The van der Waals surface area contributed by atoms with Gasteiger partial charge in [0, 0.05) is 16.5 Å². The number of aromatic nitrogens is 1. The smallest absolute Gasteiger partial charge is 0.368 e. The van der Waals surface area contributed by atoms with Crippen LogP contribution in [0, 0.1) is 0 Å². The molecule has 1 aromatic heterocycles. The van der Waals surface area contributed by atoms with Crippen LogP contribution in [0.15, 0.2) is 60.0 Å². The van der Waals surface area contributed by atoms with E-state index in [0.717, 1.165) is 23.2 Å². The van der Waals surface area contributed by atoms with Gasteiger partial charge >= 0.3 is 5.97 Å².